The number of nitrogens with zero attached hydrogens (tertiary/aromatic N) is 1. The van der Waals surface area contributed by atoms with Crippen molar-refractivity contribution < 1.29 is 22.7 Å². The zero-order chi connectivity index (χ0) is 18.6. The van der Waals surface area contributed by atoms with Crippen molar-refractivity contribution in [2.24, 2.45) is 0 Å². The minimum Gasteiger partial charge on any atom is -0.497 e. The van der Waals surface area contributed by atoms with Crippen LogP contribution in [0, 0.1) is 0 Å². The zero-order valence-corrected chi connectivity index (χ0v) is 15.3. The van der Waals surface area contributed by atoms with Crippen LogP contribution in [0.1, 0.15) is 10.4 Å². The molecule has 0 saturated carbocycles. The fourth-order valence-electron chi connectivity index (χ4n) is 2.11. The molecular weight excluding hydrogens is 344 g/mol. The first kappa shape index (κ1) is 18.6. The molecule has 0 atom stereocenters. The number of amides is 1. The number of carbonyl (C=O) groups is 1. The monoisotopic (exact) mass is 364 g/mol. The molecule has 0 bridgehead atoms. The summed E-state index contributed by atoms with van der Waals surface area (Å²) in [5, 5.41) is 2.76. The Labute approximate surface area is 147 Å². The third-order valence-electron chi connectivity index (χ3n) is 3.65. The van der Waals surface area contributed by atoms with E-state index in [4.69, 9.17) is 9.47 Å². The lowest BCUT2D eigenvalue weighted by molar-refractivity contribution is 0.102. The Morgan fingerprint density at radius 3 is 2.20 bits per heavy atom. The number of anilines is 2. The third-order valence-corrected chi connectivity index (χ3v) is 4.85. The largest absolute Gasteiger partial charge is 0.497 e. The van der Waals surface area contributed by atoms with Crippen LogP contribution in [0.3, 0.4) is 0 Å². The smallest absolute Gasteiger partial charge is 0.255 e. The number of hydrogen-bond donors (Lipinski definition) is 1. The molecule has 0 radical (unpaired) electrons. The van der Waals surface area contributed by atoms with E-state index in [1.54, 1.807) is 49.6 Å². The van der Waals surface area contributed by atoms with Gasteiger partial charge in [-0.15, -0.1) is 0 Å². The van der Waals surface area contributed by atoms with Crippen molar-refractivity contribution in [3.63, 3.8) is 0 Å². The van der Waals surface area contributed by atoms with Crippen molar-refractivity contribution >= 4 is 27.3 Å². The lowest BCUT2D eigenvalue weighted by Crippen LogP contribution is -2.24. The van der Waals surface area contributed by atoms with Crippen molar-refractivity contribution in [1.82, 2.24) is 0 Å². The van der Waals surface area contributed by atoms with E-state index < -0.39 is 10.0 Å². The molecule has 2 aromatic rings. The first-order valence-corrected chi connectivity index (χ1v) is 9.18. The predicted octanol–water partition coefficient (Wildman–Crippen LogP) is 2.35. The van der Waals surface area contributed by atoms with Crippen molar-refractivity contribution in [2.75, 3.05) is 37.1 Å². The second-order valence-corrected chi connectivity index (χ2v) is 7.31. The Morgan fingerprint density at radius 2 is 1.68 bits per heavy atom. The highest BCUT2D eigenvalue weighted by atomic mass is 32.2. The van der Waals surface area contributed by atoms with Crippen molar-refractivity contribution in [3.05, 3.63) is 48.0 Å². The molecule has 0 aliphatic carbocycles. The maximum absolute atomic E-state index is 12.4. The molecule has 0 fully saturated rings. The van der Waals surface area contributed by atoms with E-state index in [-0.39, 0.29) is 5.91 Å². The van der Waals surface area contributed by atoms with Gasteiger partial charge in [-0.05, 0) is 36.4 Å². The number of benzene rings is 2. The SMILES string of the molecule is COc1ccc(NC(=O)c2ccc(N(C)S(C)(=O)=O)cc2)c(OC)c1. The Morgan fingerprint density at radius 1 is 1.04 bits per heavy atom. The van der Waals surface area contributed by atoms with E-state index >= 15 is 0 Å². The average molecular weight is 364 g/mol. The Hall–Kier alpha value is -2.74. The van der Waals surface area contributed by atoms with Gasteiger partial charge in [0.2, 0.25) is 10.0 Å². The summed E-state index contributed by atoms with van der Waals surface area (Å²) in [7, 11) is 1.15. The van der Waals surface area contributed by atoms with Crippen molar-refractivity contribution in [1.29, 1.82) is 0 Å². The molecule has 0 heterocycles. The molecule has 25 heavy (non-hydrogen) atoms. The van der Waals surface area contributed by atoms with Gasteiger partial charge >= 0.3 is 0 Å². The number of hydrogen-bond acceptors (Lipinski definition) is 5. The molecule has 0 saturated heterocycles. The summed E-state index contributed by atoms with van der Waals surface area (Å²) in [6, 6.07) is 11.3. The van der Waals surface area contributed by atoms with Crippen LogP contribution in [0.15, 0.2) is 42.5 Å². The minimum atomic E-state index is -3.35. The van der Waals surface area contributed by atoms with E-state index in [2.05, 4.69) is 5.32 Å². The first-order valence-electron chi connectivity index (χ1n) is 7.33. The fourth-order valence-corrected chi connectivity index (χ4v) is 2.62. The second-order valence-electron chi connectivity index (χ2n) is 5.30. The molecule has 134 valence electrons. The van der Waals surface area contributed by atoms with Gasteiger partial charge in [0.25, 0.3) is 5.91 Å². The fraction of sp³-hybridized carbons (Fsp3) is 0.235. The van der Waals surface area contributed by atoms with Crippen molar-refractivity contribution in [3.8, 4) is 11.5 Å². The number of ether oxygens (including phenoxy) is 2. The molecule has 1 N–H and O–H groups in total. The third kappa shape index (κ3) is 4.42. The van der Waals surface area contributed by atoms with Crippen LogP contribution in [0.25, 0.3) is 0 Å². The Balaban J connectivity index is 2.19. The van der Waals surface area contributed by atoms with E-state index in [1.165, 1.54) is 14.2 Å². The molecule has 2 rings (SSSR count). The van der Waals surface area contributed by atoms with Gasteiger partial charge in [0, 0.05) is 18.7 Å². The molecule has 1 amide bonds. The molecule has 0 unspecified atom stereocenters. The maximum atomic E-state index is 12.4. The van der Waals surface area contributed by atoms with Crippen LogP contribution in [-0.4, -0.2) is 41.8 Å². The molecule has 0 aliphatic rings. The quantitative estimate of drug-likeness (QED) is 0.850. The standard InChI is InChI=1S/C17H20N2O5S/c1-19(25(4,21)22)13-7-5-12(6-8-13)17(20)18-15-10-9-14(23-2)11-16(15)24-3/h5-11H,1-4H3,(H,18,20). The number of sulfonamides is 1. The summed E-state index contributed by atoms with van der Waals surface area (Å²) in [6.45, 7) is 0. The average Bonchev–Trinajstić information content (AvgIpc) is 2.60. The maximum Gasteiger partial charge on any atom is 0.255 e. The predicted molar refractivity (Wildman–Crippen MR) is 97.2 cm³/mol. The summed E-state index contributed by atoms with van der Waals surface area (Å²) in [5.41, 5.74) is 1.37. The molecule has 7 nitrogen and oxygen atoms in total. The molecule has 0 spiro atoms. The first-order chi connectivity index (χ1) is 11.8. The summed E-state index contributed by atoms with van der Waals surface area (Å²) >= 11 is 0. The van der Waals surface area contributed by atoms with Gasteiger partial charge in [0.15, 0.2) is 0 Å². The van der Waals surface area contributed by atoms with Gasteiger partial charge < -0.3 is 14.8 Å². The normalized spacial score (nSPS) is 10.9. The van der Waals surface area contributed by atoms with Crippen LogP contribution < -0.4 is 19.1 Å². The summed E-state index contributed by atoms with van der Waals surface area (Å²) < 4.78 is 34.6. The van der Waals surface area contributed by atoms with E-state index in [0.717, 1.165) is 10.6 Å². The summed E-state index contributed by atoms with van der Waals surface area (Å²) in [6.07, 6.45) is 1.11. The van der Waals surface area contributed by atoms with Crippen LogP contribution >= 0.6 is 0 Å². The van der Waals surface area contributed by atoms with Crippen LogP contribution in [-0.2, 0) is 10.0 Å². The zero-order valence-electron chi connectivity index (χ0n) is 14.4. The van der Waals surface area contributed by atoms with E-state index in [9.17, 15) is 13.2 Å². The van der Waals surface area contributed by atoms with Gasteiger partial charge in [0.05, 0.1) is 31.9 Å². The number of methoxy groups -OCH3 is 2. The van der Waals surface area contributed by atoms with E-state index in [1.807, 2.05) is 0 Å². The highest BCUT2D eigenvalue weighted by Crippen LogP contribution is 2.29. The highest BCUT2D eigenvalue weighted by molar-refractivity contribution is 7.92. The summed E-state index contributed by atoms with van der Waals surface area (Å²) in [4.78, 5) is 12.4. The molecule has 0 aromatic heterocycles. The Kier molecular flexibility index (Phi) is 5.53. The number of nitrogens with one attached hydrogen (secondary N) is 1. The summed E-state index contributed by atoms with van der Waals surface area (Å²) in [5.74, 6) is 0.751. The number of carbonyl (C=O) groups excluding carboxylic acids is 1. The molecule has 8 heteroatoms. The van der Waals surface area contributed by atoms with E-state index in [0.29, 0.717) is 28.4 Å². The molecule has 2 aromatic carbocycles. The minimum absolute atomic E-state index is 0.336. The molecular formula is C17H20N2O5S. The van der Waals surface area contributed by atoms with Gasteiger partial charge in [0.1, 0.15) is 11.5 Å². The topological polar surface area (TPSA) is 84.9 Å². The van der Waals surface area contributed by atoms with Crippen LogP contribution in [0.4, 0.5) is 11.4 Å². The van der Waals surface area contributed by atoms with Gasteiger partial charge in [-0.1, -0.05) is 0 Å². The van der Waals surface area contributed by atoms with Crippen LogP contribution in [0.2, 0.25) is 0 Å². The second kappa shape index (κ2) is 7.43. The number of rotatable bonds is 6. The Bertz CT molecular complexity index is 863. The van der Waals surface area contributed by atoms with Crippen molar-refractivity contribution in [2.45, 2.75) is 0 Å². The van der Waals surface area contributed by atoms with Crippen LogP contribution in [0.5, 0.6) is 11.5 Å². The lowest BCUT2D eigenvalue weighted by Gasteiger charge is -2.17. The lowest BCUT2D eigenvalue weighted by atomic mass is 10.2. The molecule has 0 aliphatic heterocycles. The van der Waals surface area contributed by atoms with Gasteiger partial charge in [-0.3, -0.25) is 9.10 Å². The van der Waals surface area contributed by atoms with Gasteiger partial charge in [-0.25, -0.2) is 8.42 Å². The van der Waals surface area contributed by atoms with Gasteiger partial charge in [-0.2, -0.15) is 0 Å². The highest BCUT2D eigenvalue weighted by Gasteiger charge is 2.14.